The van der Waals surface area contributed by atoms with E-state index in [1.165, 1.54) is 0 Å². The largest absolute Gasteiger partial charge is 0.481 e. The minimum Gasteiger partial charge on any atom is -0.481 e. The summed E-state index contributed by atoms with van der Waals surface area (Å²) in [4.78, 5) is 24.8. The van der Waals surface area contributed by atoms with Crippen molar-refractivity contribution in [3.8, 4) is 0 Å². The number of furan rings is 1. The minimum atomic E-state index is -0.738. The zero-order chi connectivity index (χ0) is 13.8. The molecular weight excluding hydrogens is 246 g/mol. The Balaban J connectivity index is 1.85. The van der Waals surface area contributed by atoms with Crippen molar-refractivity contribution < 1.29 is 19.1 Å². The standard InChI is InChI=1S/C14H19NO4/c1-15(8-10-6-7-19-9-10)13(16)11-2-4-12(5-3-11)14(17)18/h6-7,9,11-12H,2-5,8H2,1H3,(H,17,18). The van der Waals surface area contributed by atoms with Crippen molar-refractivity contribution in [2.24, 2.45) is 11.8 Å². The number of rotatable bonds is 4. The van der Waals surface area contributed by atoms with Gasteiger partial charge in [-0.1, -0.05) is 0 Å². The lowest BCUT2D eigenvalue weighted by Gasteiger charge is -2.28. The van der Waals surface area contributed by atoms with Crippen molar-refractivity contribution in [2.45, 2.75) is 32.2 Å². The Kier molecular flexibility index (Phi) is 4.24. The Labute approximate surface area is 112 Å². The number of carboxylic acid groups (broad SMARTS) is 1. The van der Waals surface area contributed by atoms with Crippen LogP contribution >= 0.6 is 0 Å². The third-order valence-corrected chi connectivity index (χ3v) is 3.80. The Morgan fingerprint density at radius 1 is 1.32 bits per heavy atom. The van der Waals surface area contributed by atoms with Gasteiger partial charge in [0.1, 0.15) is 0 Å². The maximum absolute atomic E-state index is 12.2. The number of amides is 1. The maximum atomic E-state index is 12.2. The summed E-state index contributed by atoms with van der Waals surface area (Å²) in [5.41, 5.74) is 0.968. The van der Waals surface area contributed by atoms with Crippen molar-refractivity contribution >= 4 is 11.9 Å². The highest BCUT2D eigenvalue weighted by atomic mass is 16.4. The van der Waals surface area contributed by atoms with Crippen LogP contribution in [-0.2, 0) is 16.1 Å². The smallest absolute Gasteiger partial charge is 0.306 e. The SMILES string of the molecule is CN(Cc1ccoc1)C(=O)C1CCC(C(=O)O)CC1. The van der Waals surface area contributed by atoms with E-state index < -0.39 is 5.97 Å². The van der Waals surface area contributed by atoms with Crippen LogP contribution in [0.2, 0.25) is 0 Å². The van der Waals surface area contributed by atoms with Gasteiger partial charge in [-0.2, -0.15) is 0 Å². The van der Waals surface area contributed by atoms with Gasteiger partial charge >= 0.3 is 5.97 Å². The first kappa shape index (κ1) is 13.6. The van der Waals surface area contributed by atoms with Crippen LogP contribution in [0.3, 0.4) is 0 Å². The second kappa shape index (κ2) is 5.91. The van der Waals surface area contributed by atoms with E-state index in [1.54, 1.807) is 24.5 Å². The summed E-state index contributed by atoms with van der Waals surface area (Å²) in [6.07, 6.45) is 5.77. The van der Waals surface area contributed by atoms with E-state index >= 15 is 0 Å². The molecule has 104 valence electrons. The van der Waals surface area contributed by atoms with Gasteiger partial charge in [-0.05, 0) is 31.7 Å². The molecule has 19 heavy (non-hydrogen) atoms. The van der Waals surface area contributed by atoms with Crippen LogP contribution in [0.1, 0.15) is 31.2 Å². The van der Waals surface area contributed by atoms with E-state index in [9.17, 15) is 9.59 Å². The van der Waals surface area contributed by atoms with Crippen LogP contribution in [0, 0.1) is 11.8 Å². The highest BCUT2D eigenvalue weighted by Gasteiger charge is 2.31. The fourth-order valence-electron chi connectivity index (χ4n) is 2.63. The zero-order valence-corrected chi connectivity index (χ0v) is 11.0. The molecule has 1 aliphatic rings. The maximum Gasteiger partial charge on any atom is 0.306 e. The number of hydrogen-bond acceptors (Lipinski definition) is 3. The molecule has 0 spiro atoms. The van der Waals surface area contributed by atoms with Crippen molar-refractivity contribution in [2.75, 3.05) is 7.05 Å². The van der Waals surface area contributed by atoms with Crippen LogP contribution in [0.25, 0.3) is 0 Å². The van der Waals surface area contributed by atoms with E-state index in [4.69, 9.17) is 9.52 Å². The summed E-state index contributed by atoms with van der Waals surface area (Å²) in [7, 11) is 1.78. The summed E-state index contributed by atoms with van der Waals surface area (Å²) in [6.45, 7) is 0.536. The topological polar surface area (TPSA) is 70.8 Å². The first-order valence-corrected chi connectivity index (χ1v) is 6.56. The van der Waals surface area contributed by atoms with Crippen LogP contribution in [0.4, 0.5) is 0 Å². The van der Waals surface area contributed by atoms with Crippen LogP contribution in [-0.4, -0.2) is 28.9 Å². The molecule has 1 heterocycles. The number of carbonyl (C=O) groups is 2. The zero-order valence-electron chi connectivity index (χ0n) is 11.0. The van der Waals surface area contributed by atoms with Gasteiger partial charge in [0.25, 0.3) is 0 Å². The molecule has 1 amide bonds. The highest BCUT2D eigenvalue weighted by Crippen LogP contribution is 2.30. The highest BCUT2D eigenvalue weighted by molar-refractivity contribution is 5.79. The molecular formula is C14H19NO4. The van der Waals surface area contributed by atoms with Crippen molar-refractivity contribution in [3.05, 3.63) is 24.2 Å². The van der Waals surface area contributed by atoms with Gasteiger partial charge < -0.3 is 14.4 Å². The van der Waals surface area contributed by atoms with Crippen molar-refractivity contribution in [1.29, 1.82) is 0 Å². The molecule has 1 saturated carbocycles. The molecule has 5 heteroatoms. The third kappa shape index (κ3) is 3.36. The molecule has 0 aromatic carbocycles. The summed E-state index contributed by atoms with van der Waals surface area (Å²) in [5.74, 6) is -0.946. The van der Waals surface area contributed by atoms with E-state index in [2.05, 4.69) is 0 Å². The van der Waals surface area contributed by atoms with Crippen LogP contribution in [0.15, 0.2) is 23.0 Å². The molecule has 2 rings (SSSR count). The quantitative estimate of drug-likeness (QED) is 0.905. The summed E-state index contributed by atoms with van der Waals surface area (Å²) >= 11 is 0. The molecule has 5 nitrogen and oxygen atoms in total. The average molecular weight is 265 g/mol. The van der Waals surface area contributed by atoms with Gasteiger partial charge in [-0.25, -0.2) is 0 Å². The van der Waals surface area contributed by atoms with Gasteiger partial charge in [-0.15, -0.1) is 0 Å². The molecule has 1 aromatic rings. The lowest BCUT2D eigenvalue weighted by Crippen LogP contribution is -2.35. The molecule has 0 atom stereocenters. The summed E-state index contributed by atoms with van der Waals surface area (Å²) in [6, 6.07) is 1.84. The Morgan fingerprint density at radius 2 is 1.95 bits per heavy atom. The van der Waals surface area contributed by atoms with Crippen LogP contribution in [0.5, 0.6) is 0 Å². The number of carbonyl (C=O) groups excluding carboxylic acids is 1. The predicted octanol–water partition coefficient (Wildman–Crippen LogP) is 2.13. The summed E-state index contributed by atoms with van der Waals surface area (Å²) in [5, 5.41) is 8.94. The molecule has 0 unspecified atom stereocenters. The number of aliphatic carboxylic acids is 1. The molecule has 1 aromatic heterocycles. The van der Waals surface area contributed by atoms with Crippen LogP contribution < -0.4 is 0 Å². The van der Waals surface area contributed by atoms with Gasteiger partial charge in [0.15, 0.2) is 0 Å². The normalized spacial score (nSPS) is 23.0. The van der Waals surface area contributed by atoms with E-state index in [0.29, 0.717) is 32.2 Å². The summed E-state index contributed by atoms with van der Waals surface area (Å²) < 4.78 is 4.98. The molecule has 1 aliphatic carbocycles. The second-order valence-electron chi connectivity index (χ2n) is 5.21. The van der Waals surface area contributed by atoms with E-state index in [-0.39, 0.29) is 17.7 Å². The monoisotopic (exact) mass is 265 g/mol. The predicted molar refractivity (Wildman–Crippen MR) is 68.3 cm³/mol. The molecule has 0 aliphatic heterocycles. The molecule has 0 bridgehead atoms. The lowest BCUT2D eigenvalue weighted by molar-refractivity contribution is -0.145. The van der Waals surface area contributed by atoms with E-state index in [1.807, 2.05) is 6.07 Å². The van der Waals surface area contributed by atoms with Gasteiger partial charge in [0, 0.05) is 25.1 Å². The first-order chi connectivity index (χ1) is 9.08. The van der Waals surface area contributed by atoms with E-state index in [0.717, 1.165) is 5.56 Å². The first-order valence-electron chi connectivity index (χ1n) is 6.56. The molecule has 1 fully saturated rings. The number of hydrogen-bond donors (Lipinski definition) is 1. The Hall–Kier alpha value is -1.78. The minimum absolute atomic E-state index is 0.0347. The van der Waals surface area contributed by atoms with Gasteiger partial charge in [0.05, 0.1) is 18.4 Å². The number of nitrogens with zero attached hydrogens (tertiary/aromatic N) is 1. The average Bonchev–Trinajstić information content (AvgIpc) is 2.90. The fourth-order valence-corrected chi connectivity index (χ4v) is 2.63. The fraction of sp³-hybridized carbons (Fsp3) is 0.571. The Bertz CT molecular complexity index is 432. The second-order valence-corrected chi connectivity index (χ2v) is 5.21. The van der Waals surface area contributed by atoms with Gasteiger partial charge in [0.2, 0.25) is 5.91 Å². The Morgan fingerprint density at radius 3 is 2.47 bits per heavy atom. The number of carboxylic acids is 1. The van der Waals surface area contributed by atoms with Gasteiger partial charge in [-0.3, -0.25) is 9.59 Å². The van der Waals surface area contributed by atoms with Crippen molar-refractivity contribution in [1.82, 2.24) is 4.90 Å². The molecule has 0 radical (unpaired) electrons. The molecule has 0 saturated heterocycles. The third-order valence-electron chi connectivity index (χ3n) is 3.80. The van der Waals surface area contributed by atoms with Crippen molar-refractivity contribution in [3.63, 3.8) is 0 Å². The molecule has 1 N–H and O–H groups in total. The lowest BCUT2D eigenvalue weighted by atomic mass is 9.81.